The molecule has 0 bridgehead atoms. The van der Waals surface area contributed by atoms with E-state index in [2.05, 4.69) is 10.3 Å². The molecule has 4 nitrogen and oxygen atoms in total. The molecule has 0 saturated heterocycles. The Morgan fingerprint density at radius 1 is 1.26 bits per heavy atom. The van der Waals surface area contributed by atoms with Gasteiger partial charge in [0.25, 0.3) is 5.91 Å². The summed E-state index contributed by atoms with van der Waals surface area (Å²) in [6.07, 6.45) is 0.749. The van der Waals surface area contributed by atoms with Crippen LogP contribution in [0, 0.1) is 0 Å². The van der Waals surface area contributed by atoms with Gasteiger partial charge in [-0.15, -0.1) is 0 Å². The van der Waals surface area contributed by atoms with E-state index >= 15 is 0 Å². The maximum atomic E-state index is 12.1. The van der Waals surface area contributed by atoms with E-state index in [0.29, 0.717) is 5.69 Å². The Morgan fingerprint density at radius 2 is 2.00 bits per heavy atom. The largest absolute Gasteiger partial charge is 0.348 e. The Bertz CT molecular complexity index is 580. The first kappa shape index (κ1) is 13.5. The molecule has 0 saturated carbocycles. The molecule has 4 heteroatoms. The average molecular weight is 257 g/mol. The number of nitrogens with two attached hydrogens (primary N) is 1. The number of aromatic nitrogens is 1. The second-order valence-corrected chi connectivity index (χ2v) is 4.98. The monoisotopic (exact) mass is 257 g/mol. The number of carbonyl (C=O) groups excluding carboxylic acids is 1. The summed E-state index contributed by atoms with van der Waals surface area (Å²) in [5, 5.41) is 3.94. The smallest absolute Gasteiger partial charge is 0.270 e. The zero-order valence-corrected chi connectivity index (χ0v) is 11.3. The summed E-state index contributed by atoms with van der Waals surface area (Å²) in [6, 6.07) is 11.5. The third kappa shape index (κ3) is 3.51. The standard InChI is InChI=1S/C15H19N3O/c1-10(16)9-11(2)17-15(19)14-8-7-12-5-3-4-6-13(12)18-14/h3-8,10-11H,9,16H2,1-2H3,(H,17,19). The average Bonchev–Trinajstić information content (AvgIpc) is 2.37. The van der Waals surface area contributed by atoms with Crippen LogP contribution in [0.4, 0.5) is 0 Å². The van der Waals surface area contributed by atoms with Crippen molar-refractivity contribution in [3.8, 4) is 0 Å². The van der Waals surface area contributed by atoms with Gasteiger partial charge in [-0.3, -0.25) is 4.79 Å². The van der Waals surface area contributed by atoms with Crippen molar-refractivity contribution in [2.75, 3.05) is 0 Å². The van der Waals surface area contributed by atoms with Crippen LogP contribution < -0.4 is 11.1 Å². The summed E-state index contributed by atoms with van der Waals surface area (Å²) in [5.41, 5.74) is 6.98. The number of benzene rings is 1. The zero-order valence-electron chi connectivity index (χ0n) is 11.3. The first-order chi connectivity index (χ1) is 9.06. The molecule has 19 heavy (non-hydrogen) atoms. The Balaban J connectivity index is 2.13. The quantitative estimate of drug-likeness (QED) is 0.881. The number of rotatable bonds is 4. The fraction of sp³-hybridized carbons (Fsp3) is 0.333. The van der Waals surface area contributed by atoms with Gasteiger partial charge in [-0.25, -0.2) is 4.98 Å². The van der Waals surface area contributed by atoms with Crippen molar-refractivity contribution >= 4 is 16.8 Å². The number of nitrogens with one attached hydrogen (secondary N) is 1. The minimum absolute atomic E-state index is 0.0424. The first-order valence-electron chi connectivity index (χ1n) is 6.48. The van der Waals surface area contributed by atoms with Crippen LogP contribution in [0.15, 0.2) is 36.4 Å². The maximum Gasteiger partial charge on any atom is 0.270 e. The van der Waals surface area contributed by atoms with Gasteiger partial charge < -0.3 is 11.1 Å². The molecule has 0 spiro atoms. The topological polar surface area (TPSA) is 68.0 Å². The molecular weight excluding hydrogens is 238 g/mol. The molecule has 0 aliphatic carbocycles. The predicted molar refractivity (Wildman–Crippen MR) is 76.9 cm³/mol. The lowest BCUT2D eigenvalue weighted by Gasteiger charge is -2.15. The van der Waals surface area contributed by atoms with E-state index in [-0.39, 0.29) is 18.0 Å². The van der Waals surface area contributed by atoms with E-state index in [1.807, 2.05) is 44.2 Å². The van der Waals surface area contributed by atoms with Crippen LogP contribution >= 0.6 is 0 Å². The third-order valence-corrected chi connectivity index (χ3v) is 2.93. The Morgan fingerprint density at radius 3 is 2.74 bits per heavy atom. The molecule has 1 heterocycles. The highest BCUT2D eigenvalue weighted by molar-refractivity contribution is 5.95. The van der Waals surface area contributed by atoms with E-state index < -0.39 is 0 Å². The molecule has 1 aromatic carbocycles. The summed E-state index contributed by atoms with van der Waals surface area (Å²) >= 11 is 0. The molecule has 0 aliphatic heterocycles. The van der Waals surface area contributed by atoms with E-state index in [1.165, 1.54) is 0 Å². The second-order valence-electron chi connectivity index (χ2n) is 4.98. The molecule has 3 N–H and O–H groups in total. The fourth-order valence-electron chi connectivity index (χ4n) is 2.11. The lowest BCUT2D eigenvalue weighted by Crippen LogP contribution is -2.36. The number of amides is 1. The minimum atomic E-state index is -0.154. The van der Waals surface area contributed by atoms with Crippen LogP contribution in [0.1, 0.15) is 30.8 Å². The van der Waals surface area contributed by atoms with Crippen molar-refractivity contribution in [1.29, 1.82) is 0 Å². The molecule has 2 aromatic rings. The van der Waals surface area contributed by atoms with Crippen LogP contribution in [0.2, 0.25) is 0 Å². The summed E-state index contributed by atoms with van der Waals surface area (Å²) in [7, 11) is 0. The van der Waals surface area contributed by atoms with Crippen molar-refractivity contribution in [3.05, 3.63) is 42.1 Å². The molecule has 0 aliphatic rings. The molecule has 0 fully saturated rings. The first-order valence-corrected chi connectivity index (χ1v) is 6.48. The summed E-state index contributed by atoms with van der Waals surface area (Å²) in [6.45, 7) is 3.87. The van der Waals surface area contributed by atoms with Gasteiger partial charge in [-0.2, -0.15) is 0 Å². The van der Waals surface area contributed by atoms with E-state index in [4.69, 9.17) is 5.73 Å². The van der Waals surface area contributed by atoms with Crippen molar-refractivity contribution < 1.29 is 4.79 Å². The molecule has 0 radical (unpaired) electrons. The normalized spacial score (nSPS) is 14.1. The van der Waals surface area contributed by atoms with Gasteiger partial charge in [0.15, 0.2) is 0 Å². The zero-order chi connectivity index (χ0) is 13.8. The van der Waals surface area contributed by atoms with Gasteiger partial charge in [-0.1, -0.05) is 24.3 Å². The highest BCUT2D eigenvalue weighted by atomic mass is 16.1. The van der Waals surface area contributed by atoms with Gasteiger partial charge in [-0.05, 0) is 32.4 Å². The second kappa shape index (κ2) is 5.80. The number of pyridine rings is 1. The van der Waals surface area contributed by atoms with Gasteiger partial charge in [0.1, 0.15) is 5.69 Å². The van der Waals surface area contributed by atoms with Crippen LogP contribution in [0.3, 0.4) is 0 Å². The van der Waals surface area contributed by atoms with E-state index in [1.54, 1.807) is 6.07 Å². The maximum absolute atomic E-state index is 12.1. The number of fused-ring (bicyclic) bond motifs is 1. The molecule has 1 amide bonds. The van der Waals surface area contributed by atoms with Gasteiger partial charge >= 0.3 is 0 Å². The number of hydrogen-bond donors (Lipinski definition) is 2. The highest BCUT2D eigenvalue weighted by Crippen LogP contribution is 2.11. The number of carbonyl (C=O) groups is 1. The van der Waals surface area contributed by atoms with Gasteiger partial charge in [0.2, 0.25) is 0 Å². The highest BCUT2D eigenvalue weighted by Gasteiger charge is 2.12. The van der Waals surface area contributed by atoms with E-state index in [9.17, 15) is 4.79 Å². The Hall–Kier alpha value is -1.94. The van der Waals surface area contributed by atoms with Crippen LogP contribution in [0.5, 0.6) is 0 Å². The van der Waals surface area contributed by atoms with Crippen molar-refractivity contribution in [3.63, 3.8) is 0 Å². The lowest BCUT2D eigenvalue weighted by molar-refractivity contribution is 0.0933. The molecule has 1 aromatic heterocycles. The Kier molecular flexibility index (Phi) is 4.12. The molecule has 100 valence electrons. The summed E-state index contributed by atoms with van der Waals surface area (Å²) in [4.78, 5) is 16.4. The lowest BCUT2D eigenvalue weighted by atomic mass is 10.1. The summed E-state index contributed by atoms with van der Waals surface area (Å²) in [5.74, 6) is -0.154. The fourth-order valence-corrected chi connectivity index (χ4v) is 2.11. The molecule has 2 atom stereocenters. The third-order valence-electron chi connectivity index (χ3n) is 2.93. The van der Waals surface area contributed by atoms with E-state index in [0.717, 1.165) is 17.3 Å². The van der Waals surface area contributed by atoms with Crippen molar-refractivity contribution in [1.82, 2.24) is 10.3 Å². The minimum Gasteiger partial charge on any atom is -0.348 e. The van der Waals surface area contributed by atoms with Crippen molar-refractivity contribution in [2.24, 2.45) is 5.73 Å². The van der Waals surface area contributed by atoms with Gasteiger partial charge in [0, 0.05) is 17.5 Å². The number of para-hydroxylation sites is 1. The summed E-state index contributed by atoms with van der Waals surface area (Å²) < 4.78 is 0. The van der Waals surface area contributed by atoms with Crippen molar-refractivity contribution in [2.45, 2.75) is 32.4 Å². The number of nitrogens with zero attached hydrogens (tertiary/aromatic N) is 1. The Labute approximate surface area is 113 Å². The van der Waals surface area contributed by atoms with Crippen LogP contribution in [0.25, 0.3) is 10.9 Å². The molecule has 2 unspecified atom stereocenters. The predicted octanol–water partition coefficient (Wildman–Crippen LogP) is 2.09. The molecular formula is C15H19N3O. The number of hydrogen-bond acceptors (Lipinski definition) is 3. The molecule has 2 rings (SSSR count). The van der Waals surface area contributed by atoms with Crippen LogP contribution in [-0.2, 0) is 0 Å². The van der Waals surface area contributed by atoms with Crippen LogP contribution in [-0.4, -0.2) is 23.0 Å². The van der Waals surface area contributed by atoms with Gasteiger partial charge in [0.05, 0.1) is 5.52 Å². The SMILES string of the molecule is CC(N)CC(C)NC(=O)c1ccc2ccccc2n1.